The van der Waals surface area contributed by atoms with E-state index in [1.165, 1.54) is 22.2 Å². The van der Waals surface area contributed by atoms with Gasteiger partial charge in [0.15, 0.2) is 0 Å². The summed E-state index contributed by atoms with van der Waals surface area (Å²) in [6, 6.07) is 28.6. The molecule has 3 heterocycles. The van der Waals surface area contributed by atoms with E-state index in [1.54, 1.807) is 0 Å². The maximum atomic E-state index is 6.62. The number of hydrogen-bond acceptors (Lipinski definition) is 3. The van der Waals surface area contributed by atoms with Crippen molar-refractivity contribution in [3.05, 3.63) is 99.5 Å². The van der Waals surface area contributed by atoms with Gasteiger partial charge in [0.25, 0.3) is 0 Å². The first-order chi connectivity index (χ1) is 20.3. The first-order valence-corrected chi connectivity index (χ1v) is 16.1. The molecule has 0 spiro atoms. The Kier molecular flexibility index (Phi) is 7.53. The van der Waals surface area contributed by atoms with E-state index in [0.29, 0.717) is 17.4 Å². The zero-order valence-corrected chi connectivity index (χ0v) is 28.6. The van der Waals surface area contributed by atoms with Gasteiger partial charge in [0.2, 0.25) is 0 Å². The summed E-state index contributed by atoms with van der Waals surface area (Å²) in [6.45, 7) is 16.6. The van der Waals surface area contributed by atoms with Crippen LogP contribution >= 0.6 is 0 Å². The van der Waals surface area contributed by atoms with Crippen LogP contribution in [0.4, 0.5) is 11.5 Å². The van der Waals surface area contributed by atoms with Gasteiger partial charge in [-0.05, 0) is 17.0 Å². The second kappa shape index (κ2) is 10.9. The molecule has 1 aliphatic rings. The van der Waals surface area contributed by atoms with Gasteiger partial charge in [0.05, 0.1) is 0 Å². The van der Waals surface area contributed by atoms with Crippen molar-refractivity contribution in [2.45, 2.75) is 71.6 Å². The van der Waals surface area contributed by atoms with E-state index >= 15 is 0 Å². The fourth-order valence-electron chi connectivity index (χ4n) is 5.76. The molecule has 1 aliphatic heterocycles. The van der Waals surface area contributed by atoms with Crippen LogP contribution in [0, 0.1) is 15.9 Å². The topological polar surface area (TPSA) is 35.2 Å². The molecule has 0 fully saturated rings. The van der Waals surface area contributed by atoms with Gasteiger partial charge in [0, 0.05) is 6.20 Å². The summed E-state index contributed by atoms with van der Waals surface area (Å²) in [5, 5.41) is 0. The fraction of sp³-hybridized carbons (Fsp3) is 0.351. The normalized spacial score (nSPS) is 15.6. The molecule has 2 aromatic heterocycles. The van der Waals surface area contributed by atoms with E-state index in [-0.39, 0.29) is 10.8 Å². The van der Waals surface area contributed by atoms with Gasteiger partial charge in [-0.2, -0.15) is 0 Å². The average Bonchev–Trinajstić information content (AvgIpc) is 3.22. The van der Waals surface area contributed by atoms with Gasteiger partial charge < -0.3 is 0 Å². The molecule has 3 aromatic carbocycles. The average molecular weight is 752 g/mol. The number of ether oxygens (including phenoxy) is 1. The Bertz CT molecular complexity index is 1890. The number of aromatic nitrogens is 3. The molecule has 0 amide bonds. The van der Waals surface area contributed by atoms with Crippen LogP contribution in [0.25, 0.3) is 16.7 Å². The number of hydrogen-bond donors (Lipinski definition) is 0. The number of para-hydroxylation sites is 2. The van der Waals surface area contributed by atoms with Crippen molar-refractivity contribution < 1.29 is 24.1 Å². The maximum absolute atomic E-state index is 6.62. The third-order valence-electron chi connectivity index (χ3n) is 8.47. The van der Waals surface area contributed by atoms with E-state index in [4.69, 9.17) is 9.72 Å². The van der Waals surface area contributed by atoms with E-state index in [9.17, 15) is 0 Å². The van der Waals surface area contributed by atoms with Gasteiger partial charge >= 0.3 is 224 Å². The molecule has 0 saturated heterocycles. The van der Waals surface area contributed by atoms with Crippen molar-refractivity contribution in [1.82, 2.24) is 14.1 Å². The molecule has 43 heavy (non-hydrogen) atoms. The van der Waals surface area contributed by atoms with Crippen LogP contribution in [0.2, 0.25) is 0 Å². The summed E-state index contributed by atoms with van der Waals surface area (Å²) < 4.78 is 12.2. The van der Waals surface area contributed by atoms with Gasteiger partial charge in [-0.1, -0.05) is 20.8 Å². The molecule has 1 atom stereocenters. The van der Waals surface area contributed by atoms with Crippen LogP contribution in [0.1, 0.15) is 77.5 Å². The number of imidazole rings is 1. The molecular formula is C37H40N4OPt-2. The Morgan fingerprint density at radius 2 is 1.58 bits per heavy atom. The molecule has 0 radical (unpaired) electrons. The van der Waals surface area contributed by atoms with Gasteiger partial charge in [-0.25, -0.2) is 0 Å². The van der Waals surface area contributed by atoms with Gasteiger partial charge in [-0.3, -0.25) is 0 Å². The number of anilines is 2. The molecule has 5 nitrogen and oxygen atoms in total. The first-order valence-electron chi connectivity index (χ1n) is 15.0. The van der Waals surface area contributed by atoms with E-state index < -0.39 is 0 Å². The Labute approximate surface area is 266 Å². The van der Waals surface area contributed by atoms with Gasteiger partial charge in [0.1, 0.15) is 0 Å². The van der Waals surface area contributed by atoms with Crippen molar-refractivity contribution in [3.63, 3.8) is 0 Å². The molecule has 6 heteroatoms. The predicted molar refractivity (Wildman–Crippen MR) is 171 cm³/mol. The van der Waals surface area contributed by atoms with Crippen LogP contribution < -0.4 is 9.64 Å². The summed E-state index contributed by atoms with van der Waals surface area (Å²) in [5.74, 6) is 2.75. The molecule has 5 aromatic rings. The Hall–Kier alpha value is -3.43. The number of rotatable bonds is 4. The van der Waals surface area contributed by atoms with Crippen molar-refractivity contribution in [2.75, 3.05) is 11.4 Å². The molecule has 0 N–H and O–H groups in total. The van der Waals surface area contributed by atoms with Crippen LogP contribution in [0.5, 0.6) is 11.5 Å². The van der Waals surface area contributed by atoms with Gasteiger partial charge in [-0.15, -0.1) is 0 Å². The third-order valence-corrected chi connectivity index (χ3v) is 9.74. The molecular weight excluding hydrogens is 712 g/mol. The molecule has 0 bridgehead atoms. The minimum atomic E-state index is -0.0751. The number of benzene rings is 3. The monoisotopic (exact) mass is 751 g/mol. The zero-order chi connectivity index (χ0) is 30.7. The van der Waals surface area contributed by atoms with Crippen molar-refractivity contribution in [2.24, 2.45) is 7.05 Å². The van der Waals surface area contributed by atoms with E-state index in [2.05, 4.69) is 156 Å². The van der Waals surface area contributed by atoms with E-state index in [0.717, 1.165) is 39.5 Å². The standard InChI is InChI=1S/C37H40N4O.Pt/c1-25-16-18-40(35-21-26(15-17-38-35)36(2,3)4)34-23-29(13-14-31(25)34)42-30-20-27(37(5,6)7)19-28(22-30)41-24-39(8)32-11-9-10-12-33(32)41;/h9-15,17,19-21,25H,16,18H2,1-8H3;/q-2;. The van der Waals surface area contributed by atoms with Crippen LogP contribution in [0.3, 0.4) is 0 Å². The summed E-state index contributed by atoms with van der Waals surface area (Å²) in [6.07, 6.45) is 2.99. The fourth-order valence-corrected chi connectivity index (χ4v) is 6.58. The zero-order valence-electron chi connectivity index (χ0n) is 26.4. The van der Waals surface area contributed by atoms with E-state index in [1.807, 2.05) is 12.3 Å². The molecule has 0 aliphatic carbocycles. The third kappa shape index (κ3) is 5.65. The quantitative estimate of drug-likeness (QED) is 0.172. The molecule has 1 unspecified atom stereocenters. The summed E-state index contributed by atoms with van der Waals surface area (Å²) in [7, 11) is 2.10. The number of nitrogens with zero attached hydrogens (tertiary/aromatic N) is 4. The number of aryl methyl sites for hydroxylation is 1. The predicted octanol–water partition coefficient (Wildman–Crippen LogP) is 9.08. The van der Waals surface area contributed by atoms with Crippen molar-refractivity contribution in [3.8, 4) is 17.2 Å². The molecule has 0 saturated carbocycles. The molecule has 6 rings (SSSR count). The van der Waals surface area contributed by atoms with Crippen molar-refractivity contribution in [1.29, 1.82) is 0 Å². The minimum absolute atomic E-state index is 0.0455. The Morgan fingerprint density at radius 3 is 2.30 bits per heavy atom. The van der Waals surface area contributed by atoms with Crippen molar-refractivity contribution >= 4 is 22.5 Å². The first kappa shape index (κ1) is 29.6. The SMILES string of the molecule is CC1CCN(c2cc(C(C)(C)C)ccn2)c2[c-]c(Oc3[c-]c(-n4[c](=[Pt])n(C)c5ccccc54)cc(C(C)(C)C)c3)ccc21. The summed E-state index contributed by atoms with van der Waals surface area (Å²) >= 11 is 2.40. The number of fused-ring (bicyclic) bond motifs is 2. The molecule has 226 valence electrons. The van der Waals surface area contributed by atoms with Crippen LogP contribution in [-0.2, 0) is 37.2 Å². The van der Waals surface area contributed by atoms with Crippen LogP contribution in [0.15, 0.2) is 66.9 Å². The Balaban J connectivity index is 1.44. The van der Waals surface area contributed by atoms with Crippen LogP contribution in [-0.4, -0.2) is 20.7 Å². The second-order valence-corrected chi connectivity index (χ2v) is 14.7. The second-order valence-electron chi connectivity index (χ2n) is 13.7. The Morgan fingerprint density at radius 1 is 0.860 bits per heavy atom. The summed E-state index contributed by atoms with van der Waals surface area (Å²) in [4.78, 5) is 7.08. The number of pyridine rings is 1. The summed E-state index contributed by atoms with van der Waals surface area (Å²) in [5.41, 5.74) is 8.01.